The fraction of sp³-hybridized carbons (Fsp3) is 0.154. The molecule has 0 atom stereocenters. The molecule has 0 saturated heterocycles. The minimum Gasteiger partial charge on any atom is -0.489 e. The van der Waals surface area contributed by atoms with E-state index in [0.29, 0.717) is 12.4 Å². The van der Waals surface area contributed by atoms with Crippen molar-refractivity contribution in [2.45, 2.75) is 13.5 Å². The molecule has 0 aliphatic heterocycles. The van der Waals surface area contributed by atoms with Gasteiger partial charge >= 0.3 is 0 Å². The Bertz CT molecular complexity index is 468. The number of rotatable bonds is 3. The van der Waals surface area contributed by atoms with Crippen molar-refractivity contribution in [3.8, 4) is 5.75 Å². The van der Waals surface area contributed by atoms with Gasteiger partial charge in [0.05, 0.1) is 0 Å². The second-order valence-corrected chi connectivity index (χ2v) is 3.55. The molecule has 0 saturated carbocycles. The first kappa shape index (κ1) is 10.6. The molecule has 3 heteroatoms. The van der Waals surface area contributed by atoms with Gasteiger partial charge in [0.15, 0.2) is 0 Å². The Labute approximate surface area is 93.7 Å². The van der Waals surface area contributed by atoms with Crippen molar-refractivity contribution in [1.82, 2.24) is 4.98 Å². The smallest absolute Gasteiger partial charge is 0.126 e. The van der Waals surface area contributed by atoms with Crippen molar-refractivity contribution in [1.29, 1.82) is 0 Å². The van der Waals surface area contributed by atoms with Gasteiger partial charge in [-0.15, -0.1) is 0 Å². The molecule has 0 amide bonds. The first-order chi connectivity index (χ1) is 7.74. The Morgan fingerprint density at radius 3 is 2.81 bits per heavy atom. The summed E-state index contributed by atoms with van der Waals surface area (Å²) in [5.41, 5.74) is 1.93. The zero-order chi connectivity index (χ0) is 11.4. The molecule has 0 fully saturated rings. The van der Waals surface area contributed by atoms with E-state index in [1.54, 1.807) is 18.3 Å². The third kappa shape index (κ3) is 2.79. The molecule has 0 aliphatic rings. The number of halogens is 1. The molecule has 1 heterocycles. The Balaban J connectivity index is 1.99. The van der Waals surface area contributed by atoms with Crippen molar-refractivity contribution in [2.75, 3.05) is 0 Å². The Morgan fingerprint density at radius 1 is 1.25 bits per heavy atom. The molecule has 0 radical (unpaired) electrons. The van der Waals surface area contributed by atoms with Crippen LogP contribution in [0.1, 0.15) is 11.3 Å². The molecule has 2 aromatic rings. The van der Waals surface area contributed by atoms with E-state index in [2.05, 4.69) is 4.98 Å². The second kappa shape index (κ2) is 4.75. The Hall–Kier alpha value is -1.90. The van der Waals surface area contributed by atoms with Gasteiger partial charge in [-0.05, 0) is 25.1 Å². The quantitative estimate of drug-likeness (QED) is 0.788. The zero-order valence-corrected chi connectivity index (χ0v) is 8.98. The lowest BCUT2D eigenvalue weighted by Gasteiger charge is -2.05. The molecule has 2 nitrogen and oxygen atoms in total. The lowest BCUT2D eigenvalue weighted by atomic mass is 10.2. The average Bonchev–Trinajstić information content (AvgIpc) is 2.28. The average molecular weight is 217 g/mol. The van der Waals surface area contributed by atoms with Crippen LogP contribution in [0.5, 0.6) is 5.75 Å². The molecule has 0 aliphatic carbocycles. The zero-order valence-electron chi connectivity index (χ0n) is 8.98. The van der Waals surface area contributed by atoms with Gasteiger partial charge in [-0.25, -0.2) is 4.39 Å². The molecule has 0 unspecified atom stereocenters. The molecule has 0 spiro atoms. The number of hydrogen-bond donors (Lipinski definition) is 0. The molecule has 0 bridgehead atoms. The highest BCUT2D eigenvalue weighted by Crippen LogP contribution is 2.13. The van der Waals surface area contributed by atoms with Gasteiger partial charge in [-0.1, -0.05) is 12.1 Å². The fourth-order valence-corrected chi connectivity index (χ4v) is 1.31. The van der Waals surface area contributed by atoms with E-state index in [9.17, 15) is 4.39 Å². The highest BCUT2D eigenvalue weighted by Gasteiger charge is 1.97. The normalized spacial score (nSPS) is 10.1. The Kier molecular flexibility index (Phi) is 3.15. The lowest BCUT2D eigenvalue weighted by molar-refractivity contribution is 0.304. The maximum absolute atomic E-state index is 12.9. The standard InChI is InChI=1S/C13H12FNO/c1-10-5-6-11(8-15-10)9-16-13-4-2-3-12(14)7-13/h2-8H,9H2,1H3. The monoisotopic (exact) mass is 217 g/mol. The van der Waals surface area contributed by atoms with Crippen molar-refractivity contribution in [3.63, 3.8) is 0 Å². The number of nitrogens with zero attached hydrogens (tertiary/aromatic N) is 1. The summed E-state index contributed by atoms with van der Waals surface area (Å²) in [4.78, 5) is 4.15. The molecule has 16 heavy (non-hydrogen) atoms. The molecule has 1 aromatic heterocycles. The summed E-state index contributed by atoms with van der Waals surface area (Å²) in [6.45, 7) is 2.33. The number of aromatic nitrogens is 1. The summed E-state index contributed by atoms with van der Waals surface area (Å²) in [5, 5.41) is 0. The van der Waals surface area contributed by atoms with Crippen LogP contribution >= 0.6 is 0 Å². The first-order valence-electron chi connectivity index (χ1n) is 5.04. The van der Waals surface area contributed by atoms with Crippen LogP contribution in [-0.2, 0) is 6.61 Å². The van der Waals surface area contributed by atoms with Crippen LogP contribution in [0, 0.1) is 12.7 Å². The van der Waals surface area contributed by atoms with Crippen LogP contribution in [0.2, 0.25) is 0 Å². The molecular formula is C13H12FNO. The third-order valence-corrected chi connectivity index (χ3v) is 2.17. The van der Waals surface area contributed by atoms with Gasteiger partial charge in [0.2, 0.25) is 0 Å². The van der Waals surface area contributed by atoms with Gasteiger partial charge in [0.25, 0.3) is 0 Å². The lowest BCUT2D eigenvalue weighted by Crippen LogP contribution is -1.96. The van der Waals surface area contributed by atoms with Crippen LogP contribution < -0.4 is 4.74 Å². The number of benzene rings is 1. The van der Waals surface area contributed by atoms with Crippen molar-refractivity contribution >= 4 is 0 Å². The van der Waals surface area contributed by atoms with Crippen LogP contribution in [0.4, 0.5) is 4.39 Å². The minimum absolute atomic E-state index is 0.292. The SMILES string of the molecule is Cc1ccc(COc2cccc(F)c2)cn1. The highest BCUT2D eigenvalue weighted by molar-refractivity contribution is 5.23. The van der Waals surface area contributed by atoms with E-state index in [1.807, 2.05) is 19.1 Å². The predicted octanol–water partition coefficient (Wildman–Crippen LogP) is 3.11. The van der Waals surface area contributed by atoms with Crippen LogP contribution in [0.3, 0.4) is 0 Å². The largest absolute Gasteiger partial charge is 0.489 e. The van der Waals surface area contributed by atoms with Crippen LogP contribution in [0.25, 0.3) is 0 Å². The summed E-state index contributed by atoms with van der Waals surface area (Å²) in [6.07, 6.45) is 1.76. The van der Waals surface area contributed by atoms with Gasteiger partial charge in [0, 0.05) is 23.5 Å². The summed E-state index contributed by atoms with van der Waals surface area (Å²) >= 11 is 0. The summed E-state index contributed by atoms with van der Waals surface area (Å²) < 4.78 is 18.3. The highest BCUT2D eigenvalue weighted by atomic mass is 19.1. The maximum Gasteiger partial charge on any atom is 0.126 e. The number of ether oxygens (including phenoxy) is 1. The van der Waals surface area contributed by atoms with Gasteiger partial charge in [-0.2, -0.15) is 0 Å². The third-order valence-electron chi connectivity index (χ3n) is 2.17. The molecule has 2 rings (SSSR count). The molecular weight excluding hydrogens is 205 g/mol. The van der Waals surface area contributed by atoms with Gasteiger partial charge < -0.3 is 4.74 Å². The molecule has 82 valence electrons. The molecule has 1 aromatic carbocycles. The first-order valence-corrected chi connectivity index (χ1v) is 5.04. The van der Waals surface area contributed by atoms with E-state index >= 15 is 0 Å². The fourth-order valence-electron chi connectivity index (χ4n) is 1.31. The van der Waals surface area contributed by atoms with Crippen molar-refractivity contribution < 1.29 is 9.13 Å². The van der Waals surface area contributed by atoms with Crippen molar-refractivity contribution in [2.24, 2.45) is 0 Å². The van der Waals surface area contributed by atoms with E-state index in [1.165, 1.54) is 12.1 Å². The second-order valence-electron chi connectivity index (χ2n) is 3.55. The summed E-state index contributed by atoms with van der Waals surface area (Å²) in [6, 6.07) is 9.97. The van der Waals surface area contributed by atoms with E-state index in [4.69, 9.17) is 4.74 Å². The summed E-state index contributed by atoms with van der Waals surface area (Å²) in [5.74, 6) is 0.236. The number of hydrogen-bond acceptors (Lipinski definition) is 2. The van der Waals surface area contributed by atoms with E-state index in [0.717, 1.165) is 11.3 Å². The number of aryl methyl sites for hydroxylation is 1. The van der Waals surface area contributed by atoms with Crippen LogP contribution in [-0.4, -0.2) is 4.98 Å². The van der Waals surface area contributed by atoms with E-state index < -0.39 is 0 Å². The minimum atomic E-state index is -0.292. The van der Waals surface area contributed by atoms with Gasteiger partial charge in [-0.3, -0.25) is 4.98 Å². The predicted molar refractivity (Wildman–Crippen MR) is 59.7 cm³/mol. The number of pyridine rings is 1. The van der Waals surface area contributed by atoms with Crippen molar-refractivity contribution in [3.05, 3.63) is 59.7 Å². The van der Waals surface area contributed by atoms with Gasteiger partial charge in [0.1, 0.15) is 18.2 Å². The Morgan fingerprint density at radius 2 is 2.12 bits per heavy atom. The molecule has 0 N–H and O–H groups in total. The van der Waals surface area contributed by atoms with E-state index in [-0.39, 0.29) is 5.82 Å². The topological polar surface area (TPSA) is 22.1 Å². The maximum atomic E-state index is 12.9. The van der Waals surface area contributed by atoms with Crippen LogP contribution in [0.15, 0.2) is 42.6 Å². The summed E-state index contributed by atoms with van der Waals surface area (Å²) in [7, 11) is 0.